The second kappa shape index (κ2) is 9.72. The number of hydrogen-bond donors (Lipinski definition) is 1. The Morgan fingerprint density at radius 1 is 1.00 bits per heavy atom. The van der Waals surface area contributed by atoms with Gasteiger partial charge in [0.2, 0.25) is 0 Å². The SMILES string of the molecule is CCCN(CC)C(=CC#CC(C)(C)O)N(CC)CCC. The molecule has 20 heavy (non-hydrogen) atoms. The third-order valence-corrected chi connectivity index (χ3v) is 2.98. The van der Waals surface area contributed by atoms with Crippen LogP contribution in [0.2, 0.25) is 0 Å². The van der Waals surface area contributed by atoms with Gasteiger partial charge < -0.3 is 14.9 Å². The van der Waals surface area contributed by atoms with Gasteiger partial charge in [0, 0.05) is 32.3 Å². The molecular weight excluding hydrogens is 248 g/mol. The average molecular weight is 280 g/mol. The van der Waals surface area contributed by atoms with E-state index in [4.69, 9.17) is 0 Å². The first-order valence-electron chi connectivity index (χ1n) is 7.84. The van der Waals surface area contributed by atoms with Gasteiger partial charge in [-0.05, 0) is 40.5 Å². The second-order valence-corrected chi connectivity index (χ2v) is 5.49. The first kappa shape index (κ1) is 18.9. The van der Waals surface area contributed by atoms with Crippen LogP contribution in [0.5, 0.6) is 0 Å². The van der Waals surface area contributed by atoms with Gasteiger partial charge in [0.15, 0.2) is 0 Å². The van der Waals surface area contributed by atoms with Crippen molar-refractivity contribution in [2.75, 3.05) is 26.2 Å². The largest absolute Gasteiger partial charge is 0.378 e. The van der Waals surface area contributed by atoms with Gasteiger partial charge >= 0.3 is 0 Å². The van der Waals surface area contributed by atoms with Crippen molar-refractivity contribution in [3.8, 4) is 11.8 Å². The van der Waals surface area contributed by atoms with Crippen LogP contribution >= 0.6 is 0 Å². The zero-order valence-electron chi connectivity index (χ0n) is 14.2. The van der Waals surface area contributed by atoms with Gasteiger partial charge in [-0.2, -0.15) is 0 Å². The highest BCUT2D eigenvalue weighted by Crippen LogP contribution is 2.12. The van der Waals surface area contributed by atoms with Crippen LogP contribution in [-0.4, -0.2) is 46.7 Å². The maximum atomic E-state index is 9.70. The average Bonchev–Trinajstić information content (AvgIpc) is 2.38. The molecule has 0 aromatic carbocycles. The Morgan fingerprint density at radius 2 is 1.45 bits per heavy atom. The summed E-state index contributed by atoms with van der Waals surface area (Å²) < 4.78 is 0. The van der Waals surface area contributed by atoms with E-state index in [1.165, 1.54) is 5.82 Å². The molecule has 0 aliphatic heterocycles. The van der Waals surface area contributed by atoms with E-state index in [-0.39, 0.29) is 0 Å². The fourth-order valence-electron chi connectivity index (χ4n) is 2.07. The summed E-state index contributed by atoms with van der Waals surface area (Å²) in [4.78, 5) is 4.72. The fourth-order valence-corrected chi connectivity index (χ4v) is 2.07. The van der Waals surface area contributed by atoms with Gasteiger partial charge in [0.1, 0.15) is 11.4 Å². The van der Waals surface area contributed by atoms with E-state index in [9.17, 15) is 5.11 Å². The lowest BCUT2D eigenvalue weighted by Gasteiger charge is -2.34. The van der Waals surface area contributed by atoms with Gasteiger partial charge in [-0.25, -0.2) is 0 Å². The molecule has 0 aromatic rings. The summed E-state index contributed by atoms with van der Waals surface area (Å²) in [5.74, 6) is 7.07. The predicted octanol–water partition coefficient (Wildman–Crippen LogP) is 3.07. The minimum absolute atomic E-state index is 0.939. The number of rotatable bonds is 8. The normalized spacial score (nSPS) is 10.6. The van der Waals surface area contributed by atoms with Crippen LogP contribution in [0.25, 0.3) is 0 Å². The van der Waals surface area contributed by atoms with Crippen molar-refractivity contribution in [1.82, 2.24) is 9.80 Å². The quantitative estimate of drug-likeness (QED) is 0.692. The van der Waals surface area contributed by atoms with Crippen LogP contribution in [0.4, 0.5) is 0 Å². The highest BCUT2D eigenvalue weighted by molar-refractivity contribution is 5.24. The Balaban J connectivity index is 5.30. The van der Waals surface area contributed by atoms with Crippen LogP contribution in [0.1, 0.15) is 54.4 Å². The van der Waals surface area contributed by atoms with E-state index in [0.717, 1.165) is 39.0 Å². The topological polar surface area (TPSA) is 26.7 Å². The minimum Gasteiger partial charge on any atom is -0.378 e. The molecule has 0 heterocycles. The molecule has 0 bridgehead atoms. The number of aliphatic hydroxyl groups is 1. The van der Waals surface area contributed by atoms with Gasteiger partial charge in [0.05, 0.1) is 0 Å². The lowest BCUT2D eigenvalue weighted by atomic mass is 10.1. The number of allylic oxidation sites excluding steroid dienone is 1. The van der Waals surface area contributed by atoms with E-state index in [0.29, 0.717) is 0 Å². The van der Waals surface area contributed by atoms with E-state index in [1.807, 2.05) is 6.08 Å². The van der Waals surface area contributed by atoms with Gasteiger partial charge in [-0.1, -0.05) is 25.7 Å². The zero-order valence-corrected chi connectivity index (χ0v) is 14.2. The van der Waals surface area contributed by atoms with Crippen LogP contribution in [0.15, 0.2) is 11.9 Å². The maximum absolute atomic E-state index is 9.70. The van der Waals surface area contributed by atoms with Crippen molar-refractivity contribution in [2.24, 2.45) is 0 Å². The molecule has 0 rings (SSSR count). The van der Waals surface area contributed by atoms with Crippen molar-refractivity contribution in [3.63, 3.8) is 0 Å². The van der Waals surface area contributed by atoms with Crippen LogP contribution < -0.4 is 0 Å². The van der Waals surface area contributed by atoms with Crippen LogP contribution in [0, 0.1) is 11.8 Å². The van der Waals surface area contributed by atoms with Crippen molar-refractivity contribution in [1.29, 1.82) is 0 Å². The summed E-state index contributed by atoms with van der Waals surface area (Å²) in [5.41, 5.74) is -0.939. The summed E-state index contributed by atoms with van der Waals surface area (Å²) >= 11 is 0. The molecule has 1 N–H and O–H groups in total. The molecule has 0 aliphatic rings. The summed E-state index contributed by atoms with van der Waals surface area (Å²) in [6, 6.07) is 0. The Kier molecular flexibility index (Phi) is 9.16. The zero-order chi connectivity index (χ0) is 15.6. The number of hydrogen-bond acceptors (Lipinski definition) is 3. The summed E-state index contributed by atoms with van der Waals surface area (Å²) in [5, 5.41) is 9.70. The molecule has 0 unspecified atom stereocenters. The molecule has 0 amide bonds. The Labute approximate surface area is 125 Å². The first-order valence-corrected chi connectivity index (χ1v) is 7.84. The first-order chi connectivity index (χ1) is 9.39. The third kappa shape index (κ3) is 7.45. The smallest absolute Gasteiger partial charge is 0.120 e. The molecule has 116 valence electrons. The Morgan fingerprint density at radius 3 is 1.75 bits per heavy atom. The van der Waals surface area contributed by atoms with Crippen molar-refractivity contribution in [2.45, 2.75) is 60.0 Å². The van der Waals surface area contributed by atoms with Gasteiger partial charge in [0.25, 0.3) is 0 Å². The third-order valence-electron chi connectivity index (χ3n) is 2.98. The molecule has 0 aromatic heterocycles. The van der Waals surface area contributed by atoms with Gasteiger partial charge in [-0.3, -0.25) is 0 Å². The molecular formula is C17H32N2O. The molecule has 3 heteroatoms. The lowest BCUT2D eigenvalue weighted by molar-refractivity contribution is 0.143. The van der Waals surface area contributed by atoms with Crippen LogP contribution in [-0.2, 0) is 0 Å². The molecule has 0 saturated carbocycles. The Hall–Kier alpha value is -1.14. The lowest BCUT2D eigenvalue weighted by Crippen LogP contribution is -2.36. The van der Waals surface area contributed by atoms with Crippen molar-refractivity contribution < 1.29 is 5.11 Å². The molecule has 3 nitrogen and oxygen atoms in total. The molecule has 0 fully saturated rings. The monoisotopic (exact) mass is 280 g/mol. The summed E-state index contributed by atoms with van der Waals surface area (Å²) in [6.07, 6.45) is 4.19. The predicted molar refractivity (Wildman–Crippen MR) is 87.2 cm³/mol. The second-order valence-electron chi connectivity index (χ2n) is 5.49. The summed E-state index contributed by atoms with van der Waals surface area (Å²) in [7, 11) is 0. The van der Waals surface area contributed by atoms with E-state index in [2.05, 4.69) is 49.3 Å². The molecule has 0 spiro atoms. The molecule has 0 radical (unpaired) electrons. The van der Waals surface area contributed by atoms with Crippen molar-refractivity contribution >= 4 is 0 Å². The highest BCUT2D eigenvalue weighted by atomic mass is 16.3. The summed E-state index contributed by atoms with van der Waals surface area (Å²) in [6.45, 7) is 16.2. The Bertz CT molecular complexity index is 328. The molecule has 0 atom stereocenters. The number of nitrogens with zero attached hydrogens (tertiary/aromatic N) is 2. The van der Waals surface area contributed by atoms with Crippen molar-refractivity contribution in [3.05, 3.63) is 11.9 Å². The minimum atomic E-state index is -0.939. The molecule has 0 saturated heterocycles. The van der Waals surface area contributed by atoms with E-state index in [1.54, 1.807) is 13.8 Å². The fraction of sp³-hybridized carbons (Fsp3) is 0.765. The maximum Gasteiger partial charge on any atom is 0.120 e. The molecule has 0 aliphatic carbocycles. The van der Waals surface area contributed by atoms with Gasteiger partial charge in [-0.15, -0.1) is 0 Å². The van der Waals surface area contributed by atoms with E-state index >= 15 is 0 Å². The van der Waals surface area contributed by atoms with Crippen LogP contribution in [0.3, 0.4) is 0 Å². The van der Waals surface area contributed by atoms with E-state index < -0.39 is 5.60 Å². The highest BCUT2D eigenvalue weighted by Gasteiger charge is 2.13. The standard InChI is InChI=1S/C17H32N2O/c1-7-14-18(9-3)16(19(10-4)15-8-2)12-11-13-17(5,6)20/h12,20H,7-10,14-15H2,1-6H3.